The van der Waals surface area contributed by atoms with Crippen LogP contribution in [0.3, 0.4) is 0 Å². The van der Waals surface area contributed by atoms with Crippen LogP contribution in [-0.2, 0) is 19.6 Å². The average molecular weight is 517 g/mol. The molecule has 0 spiro atoms. The first-order chi connectivity index (χ1) is 16.3. The fourth-order valence-electron chi connectivity index (χ4n) is 3.21. The summed E-state index contributed by atoms with van der Waals surface area (Å²) in [4.78, 5) is 24.4. The summed E-state index contributed by atoms with van der Waals surface area (Å²) >= 11 is 0. The minimum atomic E-state index is -5.01. The molecule has 1 rings (SSSR count). The molecule has 0 heterocycles. The molecule has 0 radical (unpaired) electrons. The van der Waals surface area contributed by atoms with E-state index in [0.717, 1.165) is 57.4 Å². The van der Waals surface area contributed by atoms with Gasteiger partial charge in [-0.05, 0) is 50.7 Å². The van der Waals surface area contributed by atoms with E-state index >= 15 is 0 Å². The van der Waals surface area contributed by atoms with Crippen molar-refractivity contribution in [2.24, 2.45) is 0 Å². The van der Waals surface area contributed by atoms with Crippen LogP contribution in [0.4, 0.5) is 0 Å². The molecular formula is C26H37NaO7S. The fourth-order valence-corrected chi connectivity index (χ4v) is 3.89. The van der Waals surface area contributed by atoms with E-state index in [4.69, 9.17) is 9.47 Å². The van der Waals surface area contributed by atoms with Crippen molar-refractivity contribution in [2.45, 2.75) is 83.0 Å². The van der Waals surface area contributed by atoms with Crippen LogP contribution in [0.15, 0.2) is 47.4 Å². The van der Waals surface area contributed by atoms with Crippen molar-refractivity contribution in [3.8, 4) is 0 Å². The van der Waals surface area contributed by atoms with E-state index in [2.05, 4.69) is 13.8 Å². The number of esters is 2. The molecule has 1 aromatic carbocycles. The fraction of sp³-hybridized carbons (Fsp3) is 0.538. The first-order valence-corrected chi connectivity index (χ1v) is 13.5. The number of hydrogen-bond acceptors (Lipinski definition) is 7. The van der Waals surface area contributed by atoms with Gasteiger partial charge in [-0.2, -0.15) is 0 Å². The van der Waals surface area contributed by atoms with Crippen LogP contribution in [-0.4, -0.2) is 38.1 Å². The topological polar surface area (TPSA) is 110 Å². The van der Waals surface area contributed by atoms with Gasteiger partial charge in [-0.1, -0.05) is 69.9 Å². The standard InChI is InChI=1S/C26H38O7S.Na/c1-3-5-7-9-11-13-15-20-32-25(27)22-18-17-19-23(34(29,30)31)24(22)26(28)33-21-16-14-12-10-8-6-4-2;/h11-14,17-19H,3-10,15-16,20-21H2,1-2H3,(H,29,30,31);/q;+1/p-1/b13-11+,14-12+;. The van der Waals surface area contributed by atoms with Gasteiger partial charge in [0.25, 0.3) is 0 Å². The van der Waals surface area contributed by atoms with Gasteiger partial charge in [-0.3, -0.25) is 0 Å². The van der Waals surface area contributed by atoms with Crippen LogP contribution in [0.1, 0.15) is 98.8 Å². The number of benzene rings is 1. The second kappa shape index (κ2) is 19.7. The minimum Gasteiger partial charge on any atom is -0.744 e. The summed E-state index contributed by atoms with van der Waals surface area (Å²) in [5.74, 6) is -1.93. The van der Waals surface area contributed by atoms with Crippen LogP contribution in [0.2, 0.25) is 0 Å². The molecule has 9 heteroatoms. The molecule has 0 unspecified atom stereocenters. The third-order valence-electron chi connectivity index (χ3n) is 5.04. The summed E-state index contributed by atoms with van der Waals surface area (Å²) in [7, 11) is -5.01. The third-order valence-corrected chi connectivity index (χ3v) is 5.92. The predicted octanol–water partition coefficient (Wildman–Crippen LogP) is 2.96. The van der Waals surface area contributed by atoms with Gasteiger partial charge < -0.3 is 14.0 Å². The van der Waals surface area contributed by atoms with Crippen LogP contribution < -0.4 is 29.6 Å². The molecule has 0 saturated carbocycles. The number of ether oxygens (including phenoxy) is 2. The molecule has 0 aromatic heterocycles. The number of rotatable bonds is 17. The van der Waals surface area contributed by atoms with Gasteiger partial charge >= 0.3 is 41.5 Å². The van der Waals surface area contributed by atoms with E-state index < -0.39 is 32.5 Å². The molecular weight excluding hydrogens is 479 g/mol. The quantitative estimate of drug-likeness (QED) is 0.103. The Hall–Kier alpha value is -1.45. The van der Waals surface area contributed by atoms with Crippen molar-refractivity contribution in [1.82, 2.24) is 0 Å². The SMILES string of the molecule is CCCCC/C=C/CCOC(=O)c1cccc(S(=O)(=O)[O-])c1C(=O)OCC/C=C/CCCCC.[Na+]. The Morgan fingerprint density at radius 1 is 0.800 bits per heavy atom. The van der Waals surface area contributed by atoms with E-state index in [-0.39, 0.29) is 48.3 Å². The Morgan fingerprint density at radius 2 is 1.29 bits per heavy atom. The first kappa shape index (κ1) is 33.5. The van der Waals surface area contributed by atoms with Gasteiger partial charge in [-0.25, -0.2) is 18.0 Å². The Morgan fingerprint density at radius 3 is 1.77 bits per heavy atom. The third kappa shape index (κ3) is 14.0. The molecule has 1 aromatic rings. The molecule has 0 atom stereocenters. The second-order valence-corrected chi connectivity index (χ2v) is 9.26. The first-order valence-electron chi connectivity index (χ1n) is 12.1. The Labute approximate surface area is 232 Å². The normalized spacial score (nSPS) is 11.5. The van der Waals surface area contributed by atoms with Gasteiger partial charge in [0.1, 0.15) is 10.1 Å². The minimum absolute atomic E-state index is 0. The van der Waals surface area contributed by atoms with Gasteiger partial charge in [0.15, 0.2) is 0 Å². The predicted molar refractivity (Wildman–Crippen MR) is 131 cm³/mol. The number of carbonyl (C=O) groups is 2. The zero-order valence-corrected chi connectivity index (χ0v) is 24.1. The summed E-state index contributed by atoms with van der Waals surface area (Å²) in [6.07, 6.45) is 17.4. The molecule has 7 nitrogen and oxygen atoms in total. The zero-order chi connectivity index (χ0) is 25.2. The van der Waals surface area contributed by atoms with Gasteiger partial charge in [0.05, 0.1) is 29.2 Å². The molecule has 0 fully saturated rings. The molecule has 0 N–H and O–H groups in total. The molecule has 0 aliphatic rings. The van der Waals surface area contributed by atoms with Gasteiger partial charge in [-0.15, -0.1) is 0 Å². The summed E-state index contributed by atoms with van der Waals surface area (Å²) in [5.41, 5.74) is -0.881. The largest absolute Gasteiger partial charge is 1.00 e. The molecule has 0 saturated heterocycles. The van der Waals surface area contributed by atoms with Crippen molar-refractivity contribution in [3.05, 3.63) is 53.6 Å². The number of unbranched alkanes of at least 4 members (excludes halogenated alkanes) is 6. The van der Waals surface area contributed by atoms with Crippen molar-refractivity contribution < 1.29 is 61.6 Å². The second-order valence-electron chi connectivity index (χ2n) is 7.92. The summed E-state index contributed by atoms with van der Waals surface area (Å²) in [6.45, 7) is 4.31. The van der Waals surface area contributed by atoms with E-state index in [1.54, 1.807) is 0 Å². The van der Waals surface area contributed by atoms with Crippen molar-refractivity contribution in [2.75, 3.05) is 13.2 Å². The Bertz CT molecular complexity index is 924. The maximum Gasteiger partial charge on any atom is 1.00 e. The smallest absolute Gasteiger partial charge is 0.744 e. The molecule has 0 aliphatic carbocycles. The van der Waals surface area contributed by atoms with Crippen LogP contribution in [0.25, 0.3) is 0 Å². The van der Waals surface area contributed by atoms with E-state index in [1.807, 2.05) is 24.3 Å². The molecule has 35 heavy (non-hydrogen) atoms. The average Bonchev–Trinajstić information content (AvgIpc) is 2.81. The van der Waals surface area contributed by atoms with Gasteiger partial charge in [0.2, 0.25) is 0 Å². The number of hydrogen-bond donors (Lipinski definition) is 0. The maximum atomic E-state index is 12.6. The number of carbonyl (C=O) groups excluding carboxylic acids is 2. The molecule has 0 aliphatic heterocycles. The van der Waals surface area contributed by atoms with Crippen molar-refractivity contribution >= 4 is 22.1 Å². The molecule has 0 amide bonds. The Kier molecular flexibility index (Phi) is 18.9. The maximum absolute atomic E-state index is 12.6. The van der Waals surface area contributed by atoms with Crippen molar-refractivity contribution in [1.29, 1.82) is 0 Å². The molecule has 190 valence electrons. The number of allylic oxidation sites excluding steroid dienone is 2. The molecule has 0 bridgehead atoms. The van der Waals surface area contributed by atoms with E-state index in [0.29, 0.717) is 12.8 Å². The zero-order valence-electron chi connectivity index (χ0n) is 21.3. The summed E-state index contributed by atoms with van der Waals surface area (Å²) in [5, 5.41) is 0. The van der Waals surface area contributed by atoms with E-state index in [1.165, 1.54) is 12.1 Å². The van der Waals surface area contributed by atoms with Crippen LogP contribution in [0.5, 0.6) is 0 Å². The monoisotopic (exact) mass is 516 g/mol. The summed E-state index contributed by atoms with van der Waals surface area (Å²) < 4.78 is 45.5. The van der Waals surface area contributed by atoms with Crippen LogP contribution >= 0.6 is 0 Å². The van der Waals surface area contributed by atoms with E-state index in [9.17, 15) is 22.6 Å². The van der Waals surface area contributed by atoms with Crippen LogP contribution in [0, 0.1) is 0 Å². The Balaban J connectivity index is 0.0000116. The summed E-state index contributed by atoms with van der Waals surface area (Å²) in [6, 6.07) is 3.47. The van der Waals surface area contributed by atoms with Gasteiger partial charge in [0, 0.05) is 0 Å². The van der Waals surface area contributed by atoms with Crippen molar-refractivity contribution in [3.63, 3.8) is 0 Å².